The van der Waals surface area contributed by atoms with Crippen LogP contribution in [-0.4, -0.2) is 108 Å². The number of amides is 3. The van der Waals surface area contributed by atoms with Crippen LogP contribution in [0, 0.1) is 40.9 Å². The van der Waals surface area contributed by atoms with Crippen molar-refractivity contribution in [3.8, 4) is 0 Å². The molecule has 0 aromatic heterocycles. The summed E-state index contributed by atoms with van der Waals surface area (Å²) in [5.41, 5.74) is -0.330. The molecule has 0 aromatic carbocycles. The Morgan fingerprint density at radius 1 is 0.833 bits per heavy atom. The van der Waals surface area contributed by atoms with Gasteiger partial charge in [-0.15, -0.1) is 0 Å². The van der Waals surface area contributed by atoms with Crippen LogP contribution in [0.1, 0.15) is 116 Å². The molecule has 7 saturated carbocycles. The number of piperazine rings is 1. The van der Waals surface area contributed by atoms with Crippen molar-refractivity contribution in [3.63, 3.8) is 0 Å². The number of aliphatic hydroxyl groups is 1. The van der Waals surface area contributed by atoms with Crippen molar-refractivity contribution in [1.82, 2.24) is 20.0 Å². The summed E-state index contributed by atoms with van der Waals surface area (Å²) < 4.78 is 5.86. The molecule has 2 N–H and O–H groups in total. The summed E-state index contributed by atoms with van der Waals surface area (Å²) in [6.07, 6.45) is 19.6. The third-order valence-corrected chi connectivity index (χ3v) is 15.2. The van der Waals surface area contributed by atoms with Gasteiger partial charge in [0.25, 0.3) is 0 Å². The van der Waals surface area contributed by atoms with Gasteiger partial charge in [0, 0.05) is 52.3 Å². The number of rotatable bonds is 8. The smallest absolute Gasteiger partial charge is 0.245 e. The van der Waals surface area contributed by atoms with Crippen LogP contribution in [0.15, 0.2) is 0 Å². The highest BCUT2D eigenvalue weighted by atomic mass is 16.5. The molecule has 9 aliphatic rings. The van der Waals surface area contributed by atoms with Crippen LogP contribution in [0.2, 0.25) is 0 Å². The minimum Gasteiger partial charge on any atom is -0.391 e. The monoisotopic (exact) mass is 666 g/mol. The number of aliphatic hydroxyl groups excluding tert-OH is 1. The molecule has 0 radical (unpaired) electrons. The van der Waals surface area contributed by atoms with Gasteiger partial charge in [-0.25, -0.2) is 0 Å². The van der Waals surface area contributed by atoms with E-state index in [0.717, 1.165) is 76.3 Å². The number of hydrogen-bond acceptors (Lipinski definition) is 6. The predicted octanol–water partition coefficient (Wildman–Crippen LogP) is 4.36. The molecule has 9 unspecified atom stereocenters. The molecule has 10 atom stereocenters. The second-order valence-electron chi connectivity index (χ2n) is 17.8. The predicted molar refractivity (Wildman–Crippen MR) is 183 cm³/mol. The molecule has 4 bridgehead atoms. The van der Waals surface area contributed by atoms with Gasteiger partial charge in [-0.05, 0) is 99.7 Å². The maximum atomic E-state index is 14.4. The van der Waals surface area contributed by atoms with Crippen molar-refractivity contribution in [2.24, 2.45) is 40.9 Å². The summed E-state index contributed by atoms with van der Waals surface area (Å²) in [5, 5.41) is 14.1. The molecular weight excluding hydrogens is 604 g/mol. The van der Waals surface area contributed by atoms with Gasteiger partial charge in [0.15, 0.2) is 0 Å². The van der Waals surface area contributed by atoms with E-state index in [9.17, 15) is 19.5 Å². The van der Waals surface area contributed by atoms with Gasteiger partial charge in [0.2, 0.25) is 17.7 Å². The highest BCUT2D eigenvalue weighted by molar-refractivity contribution is 5.94. The largest absolute Gasteiger partial charge is 0.391 e. The molecule has 9 nitrogen and oxygen atoms in total. The molecule has 48 heavy (non-hydrogen) atoms. The summed E-state index contributed by atoms with van der Waals surface area (Å²) in [6, 6.07) is -0.857. The Morgan fingerprint density at radius 2 is 1.54 bits per heavy atom. The van der Waals surface area contributed by atoms with E-state index in [1.165, 1.54) is 51.4 Å². The molecule has 0 aromatic rings. The van der Waals surface area contributed by atoms with Crippen LogP contribution in [0.3, 0.4) is 0 Å². The fraction of sp³-hybridized carbons (Fsp3) is 0.923. The van der Waals surface area contributed by atoms with E-state index in [1.54, 1.807) is 4.90 Å². The maximum absolute atomic E-state index is 14.4. The maximum Gasteiger partial charge on any atom is 0.245 e. The Balaban J connectivity index is 0.963. The second-order valence-corrected chi connectivity index (χ2v) is 17.8. The Labute approximate surface area is 288 Å². The van der Waals surface area contributed by atoms with Crippen LogP contribution in [0.25, 0.3) is 0 Å². The first-order chi connectivity index (χ1) is 23.3. The number of nitrogens with zero attached hydrogens (tertiary/aromatic N) is 3. The molecule has 2 saturated heterocycles. The lowest BCUT2D eigenvalue weighted by atomic mass is 9.66. The van der Waals surface area contributed by atoms with Crippen molar-refractivity contribution in [2.45, 2.75) is 146 Å². The normalized spacial score (nSPS) is 43.3. The van der Waals surface area contributed by atoms with E-state index >= 15 is 0 Å². The quantitative estimate of drug-likeness (QED) is 0.400. The number of fused-ring (bicyclic) bond motifs is 1. The zero-order chi connectivity index (χ0) is 33.0. The second kappa shape index (κ2) is 13.8. The molecule has 7 aliphatic carbocycles. The molecular formula is C39H62N4O5. The highest BCUT2D eigenvalue weighted by Crippen LogP contribution is 2.66. The number of ether oxygens (including phenoxy) is 1. The highest BCUT2D eigenvalue weighted by Gasteiger charge is 2.63. The number of carbonyl (C=O) groups excluding carboxylic acids is 3. The fourth-order valence-corrected chi connectivity index (χ4v) is 13.0. The number of methoxy groups -OCH3 is 1. The molecule has 9 fully saturated rings. The van der Waals surface area contributed by atoms with Crippen molar-refractivity contribution in [3.05, 3.63) is 0 Å². The standard InChI is InChI=1S/C39H62N4O5/c1-48-35-9-5-4-8-33(35)41-12-14-42(15-13-41)37(46)32(20-25-10-11-28-6-2-3-7-29(28)17-25)40-36(45)34-21-31(44)24-43(34)38(47)39-22-26-16-27(23-39)19-30(39)18-26/h25-35,44H,2-24H2,1H3,(H,40,45)/t25?,26?,27?,28?,29?,30?,31-,32?,33?,34?,35?,39?/m1/s1. The van der Waals surface area contributed by atoms with E-state index in [4.69, 9.17) is 4.74 Å². The number of hydrogen-bond donors (Lipinski definition) is 2. The summed E-state index contributed by atoms with van der Waals surface area (Å²) >= 11 is 0. The van der Waals surface area contributed by atoms with Gasteiger partial charge in [0.05, 0.1) is 17.6 Å². The summed E-state index contributed by atoms with van der Waals surface area (Å²) in [5.74, 6) is 3.67. The SMILES string of the molecule is COC1CCCCC1N1CCN(C(=O)C(CC2CCC3CCCCC3C2)NC(=O)C2C[C@@H](O)CN2C(=O)C23CC4CC(CC2C4)C3)CC1. The molecule has 2 heterocycles. The minimum atomic E-state index is -0.698. The van der Waals surface area contributed by atoms with Gasteiger partial charge >= 0.3 is 0 Å². The Morgan fingerprint density at radius 3 is 2.29 bits per heavy atom. The van der Waals surface area contributed by atoms with Crippen LogP contribution in [0.4, 0.5) is 0 Å². The van der Waals surface area contributed by atoms with Gasteiger partial charge in [-0.3, -0.25) is 19.3 Å². The zero-order valence-corrected chi connectivity index (χ0v) is 29.5. The van der Waals surface area contributed by atoms with Crippen molar-refractivity contribution >= 4 is 17.7 Å². The van der Waals surface area contributed by atoms with E-state index in [2.05, 4.69) is 10.2 Å². The average molecular weight is 667 g/mol. The van der Waals surface area contributed by atoms with Gasteiger partial charge in [0.1, 0.15) is 12.1 Å². The molecule has 9 heteroatoms. The van der Waals surface area contributed by atoms with Gasteiger partial charge in [-0.2, -0.15) is 0 Å². The first-order valence-electron chi connectivity index (χ1n) is 20.2. The lowest BCUT2D eigenvalue weighted by molar-refractivity contribution is -0.149. The van der Waals surface area contributed by atoms with E-state index in [1.807, 2.05) is 12.0 Å². The van der Waals surface area contributed by atoms with E-state index in [-0.39, 0.29) is 42.2 Å². The Kier molecular flexibility index (Phi) is 9.60. The van der Waals surface area contributed by atoms with Crippen molar-refractivity contribution in [2.75, 3.05) is 39.8 Å². The van der Waals surface area contributed by atoms with Gasteiger partial charge in [-0.1, -0.05) is 44.9 Å². The molecule has 2 aliphatic heterocycles. The van der Waals surface area contributed by atoms with Crippen LogP contribution < -0.4 is 5.32 Å². The number of β-amino-alcohol motifs (C(OH)–C–C–N with tert-alkyl or cyclic N) is 1. The third-order valence-electron chi connectivity index (χ3n) is 15.2. The fourth-order valence-electron chi connectivity index (χ4n) is 13.0. The molecule has 268 valence electrons. The minimum absolute atomic E-state index is 0.0439. The Hall–Kier alpha value is -1.71. The first-order valence-corrected chi connectivity index (χ1v) is 20.2. The van der Waals surface area contributed by atoms with Crippen molar-refractivity contribution < 1.29 is 24.2 Å². The third kappa shape index (κ3) is 6.24. The topological polar surface area (TPSA) is 102 Å². The summed E-state index contributed by atoms with van der Waals surface area (Å²) in [4.78, 5) is 49.3. The molecule has 0 spiro atoms. The van der Waals surface area contributed by atoms with E-state index < -0.39 is 18.2 Å². The molecule has 9 rings (SSSR count). The number of likely N-dealkylation sites (tertiary alicyclic amines) is 1. The van der Waals surface area contributed by atoms with Crippen molar-refractivity contribution in [1.29, 1.82) is 0 Å². The average Bonchev–Trinajstić information content (AvgIpc) is 3.71. The lowest BCUT2D eigenvalue weighted by Crippen LogP contribution is -2.60. The van der Waals surface area contributed by atoms with Gasteiger partial charge < -0.3 is 25.0 Å². The first kappa shape index (κ1) is 33.4. The molecule has 3 amide bonds. The van der Waals surface area contributed by atoms with Crippen LogP contribution in [0.5, 0.6) is 0 Å². The number of carbonyl (C=O) groups is 3. The van der Waals surface area contributed by atoms with Crippen LogP contribution >= 0.6 is 0 Å². The lowest BCUT2D eigenvalue weighted by Gasteiger charge is -2.44. The Bertz CT molecular complexity index is 1190. The van der Waals surface area contributed by atoms with Crippen LogP contribution in [-0.2, 0) is 19.1 Å². The summed E-state index contributed by atoms with van der Waals surface area (Å²) in [7, 11) is 1.83. The summed E-state index contributed by atoms with van der Waals surface area (Å²) in [6.45, 7) is 3.26. The number of nitrogens with one attached hydrogen (secondary N) is 1. The zero-order valence-electron chi connectivity index (χ0n) is 29.5. The van der Waals surface area contributed by atoms with E-state index in [0.29, 0.717) is 49.2 Å².